The maximum absolute atomic E-state index is 12.9. The molecular formula is C17H27N5O5S. The Kier molecular flexibility index (Phi) is 5.94. The molecule has 1 aromatic rings. The Balaban J connectivity index is 1.68. The number of carbonyl (C=O) groups is 1. The number of hydrogen-bond acceptors (Lipinski definition) is 5. The molecule has 0 atom stereocenters. The molecule has 156 valence electrons. The zero-order chi connectivity index (χ0) is 20.5. The highest BCUT2D eigenvalue weighted by Crippen LogP contribution is 2.18. The molecule has 1 N–H and O–H groups in total. The van der Waals surface area contributed by atoms with Gasteiger partial charge < -0.3 is 14.8 Å². The number of nitrogens with one attached hydrogen (secondary N) is 1. The molecule has 0 bridgehead atoms. The Bertz CT molecular complexity index is 953. The molecule has 3 rings (SSSR count). The third-order valence-corrected chi connectivity index (χ3v) is 7.37. The molecule has 1 saturated carbocycles. The lowest BCUT2D eigenvalue weighted by molar-refractivity contribution is 0.166. The fourth-order valence-electron chi connectivity index (χ4n) is 3.74. The number of rotatable bonds is 3. The van der Waals surface area contributed by atoms with Crippen LogP contribution in [0.5, 0.6) is 0 Å². The highest BCUT2D eigenvalue weighted by Gasteiger charge is 2.33. The van der Waals surface area contributed by atoms with Crippen molar-refractivity contribution in [2.45, 2.75) is 43.0 Å². The number of aromatic nitrogens is 2. The van der Waals surface area contributed by atoms with Crippen molar-refractivity contribution in [1.29, 1.82) is 0 Å². The smallest absolute Gasteiger partial charge is 0.330 e. The van der Waals surface area contributed by atoms with Gasteiger partial charge in [0.2, 0.25) is 10.0 Å². The molecule has 11 heteroatoms. The Labute approximate surface area is 163 Å². The predicted molar refractivity (Wildman–Crippen MR) is 103 cm³/mol. The van der Waals surface area contributed by atoms with E-state index in [1.807, 2.05) is 0 Å². The van der Waals surface area contributed by atoms with Crippen LogP contribution in [0.1, 0.15) is 32.1 Å². The van der Waals surface area contributed by atoms with E-state index in [0.29, 0.717) is 0 Å². The number of sulfonamides is 1. The Morgan fingerprint density at radius 2 is 1.64 bits per heavy atom. The van der Waals surface area contributed by atoms with Gasteiger partial charge in [-0.15, -0.1) is 0 Å². The van der Waals surface area contributed by atoms with E-state index in [9.17, 15) is 22.8 Å². The molecular weight excluding hydrogens is 386 g/mol. The lowest BCUT2D eigenvalue weighted by Crippen LogP contribution is -2.55. The largest absolute Gasteiger partial charge is 0.335 e. The third-order valence-electron chi connectivity index (χ3n) is 5.49. The summed E-state index contributed by atoms with van der Waals surface area (Å²) in [4.78, 5) is 37.7. The van der Waals surface area contributed by atoms with Crippen LogP contribution in [-0.4, -0.2) is 65.0 Å². The van der Waals surface area contributed by atoms with Gasteiger partial charge in [-0.05, 0) is 12.8 Å². The van der Waals surface area contributed by atoms with Gasteiger partial charge >= 0.3 is 11.7 Å². The van der Waals surface area contributed by atoms with Gasteiger partial charge in [-0.2, -0.15) is 4.31 Å². The fraction of sp³-hybridized carbons (Fsp3) is 0.706. The Hall–Kier alpha value is -2.14. The summed E-state index contributed by atoms with van der Waals surface area (Å²) in [5.74, 6) is 0. The quantitative estimate of drug-likeness (QED) is 0.713. The molecule has 0 spiro atoms. The van der Waals surface area contributed by atoms with E-state index in [4.69, 9.17) is 0 Å². The van der Waals surface area contributed by atoms with Crippen molar-refractivity contribution in [3.63, 3.8) is 0 Å². The van der Waals surface area contributed by atoms with Gasteiger partial charge in [0.05, 0.1) is 0 Å². The lowest BCUT2D eigenvalue weighted by Gasteiger charge is -2.35. The molecule has 2 amide bonds. The number of piperazine rings is 1. The van der Waals surface area contributed by atoms with Crippen LogP contribution in [0.25, 0.3) is 0 Å². The van der Waals surface area contributed by atoms with Crippen molar-refractivity contribution < 1.29 is 13.2 Å². The zero-order valence-corrected chi connectivity index (χ0v) is 17.1. The summed E-state index contributed by atoms with van der Waals surface area (Å²) in [5.41, 5.74) is -1.44. The average Bonchev–Trinajstić information content (AvgIpc) is 2.69. The van der Waals surface area contributed by atoms with Gasteiger partial charge in [0.25, 0.3) is 5.56 Å². The van der Waals surface area contributed by atoms with Crippen LogP contribution >= 0.6 is 0 Å². The van der Waals surface area contributed by atoms with Crippen LogP contribution in [0.2, 0.25) is 0 Å². The minimum Gasteiger partial charge on any atom is -0.335 e. The first kappa shape index (κ1) is 20.6. The number of aryl methyl sites for hydroxylation is 1. The fourth-order valence-corrected chi connectivity index (χ4v) is 5.31. The van der Waals surface area contributed by atoms with E-state index in [0.717, 1.165) is 41.0 Å². The first-order valence-corrected chi connectivity index (χ1v) is 11.0. The second-order valence-electron chi connectivity index (χ2n) is 7.43. The summed E-state index contributed by atoms with van der Waals surface area (Å²) in [7, 11) is -1.40. The van der Waals surface area contributed by atoms with E-state index >= 15 is 0 Å². The number of carbonyl (C=O) groups excluding carboxylic acids is 1. The van der Waals surface area contributed by atoms with Crippen molar-refractivity contribution in [1.82, 2.24) is 23.7 Å². The van der Waals surface area contributed by atoms with E-state index in [1.165, 1.54) is 24.8 Å². The zero-order valence-electron chi connectivity index (χ0n) is 16.3. The average molecular weight is 414 g/mol. The number of amides is 2. The SMILES string of the molecule is Cn1cc(S(=O)(=O)N2CCN(C(=O)NC3CCCCC3)CC2)c(=O)n(C)c1=O. The van der Waals surface area contributed by atoms with Gasteiger partial charge in [-0.25, -0.2) is 18.0 Å². The number of hydrogen-bond donors (Lipinski definition) is 1. The van der Waals surface area contributed by atoms with Crippen molar-refractivity contribution in [3.8, 4) is 0 Å². The summed E-state index contributed by atoms with van der Waals surface area (Å²) in [6.45, 7) is 0.715. The van der Waals surface area contributed by atoms with Crippen molar-refractivity contribution in [3.05, 3.63) is 27.0 Å². The molecule has 1 saturated heterocycles. The molecule has 1 aliphatic carbocycles. The molecule has 2 aliphatic rings. The molecule has 0 radical (unpaired) electrons. The van der Waals surface area contributed by atoms with Gasteiger partial charge in [0.1, 0.15) is 0 Å². The van der Waals surface area contributed by atoms with Crippen LogP contribution in [-0.2, 0) is 24.1 Å². The van der Waals surface area contributed by atoms with E-state index < -0.39 is 26.2 Å². The topological polar surface area (TPSA) is 114 Å². The molecule has 0 aromatic carbocycles. The van der Waals surface area contributed by atoms with Gasteiger partial charge in [-0.1, -0.05) is 19.3 Å². The second-order valence-corrected chi connectivity index (χ2v) is 9.33. The van der Waals surface area contributed by atoms with Crippen LogP contribution < -0.4 is 16.6 Å². The summed E-state index contributed by atoms with van der Waals surface area (Å²) >= 11 is 0. The molecule has 1 aliphatic heterocycles. The number of nitrogens with zero attached hydrogens (tertiary/aromatic N) is 4. The lowest BCUT2D eigenvalue weighted by atomic mass is 9.96. The first-order chi connectivity index (χ1) is 13.2. The maximum Gasteiger partial charge on any atom is 0.330 e. The maximum atomic E-state index is 12.9. The van der Waals surface area contributed by atoms with Gasteiger partial charge in [0, 0.05) is 52.5 Å². The molecule has 10 nitrogen and oxygen atoms in total. The number of urea groups is 1. The van der Waals surface area contributed by atoms with Crippen molar-refractivity contribution in [2.75, 3.05) is 26.2 Å². The van der Waals surface area contributed by atoms with Crippen LogP contribution in [0.4, 0.5) is 4.79 Å². The minimum absolute atomic E-state index is 0.104. The summed E-state index contributed by atoms with van der Waals surface area (Å²) in [6.07, 6.45) is 6.46. The predicted octanol–water partition coefficient (Wildman–Crippen LogP) is -0.567. The Morgan fingerprint density at radius 3 is 2.25 bits per heavy atom. The van der Waals surface area contributed by atoms with Crippen LogP contribution in [0, 0.1) is 0 Å². The monoisotopic (exact) mass is 413 g/mol. The van der Waals surface area contributed by atoms with Crippen LogP contribution in [0.3, 0.4) is 0 Å². The molecule has 28 heavy (non-hydrogen) atoms. The van der Waals surface area contributed by atoms with Crippen molar-refractivity contribution in [2.24, 2.45) is 14.1 Å². The third kappa shape index (κ3) is 4.00. The standard InChI is InChI=1S/C17H27N5O5S/c1-19-12-14(15(23)20(2)17(19)25)28(26,27)22-10-8-21(9-11-22)16(24)18-13-6-4-3-5-7-13/h12-13H,3-11H2,1-2H3,(H,18,24). The van der Waals surface area contributed by atoms with Gasteiger partial charge in [-0.3, -0.25) is 9.36 Å². The molecule has 0 unspecified atom stereocenters. The van der Waals surface area contributed by atoms with E-state index in [1.54, 1.807) is 4.90 Å². The Morgan fingerprint density at radius 1 is 1.04 bits per heavy atom. The second kappa shape index (κ2) is 8.08. The molecule has 2 fully saturated rings. The normalized spacial score (nSPS) is 19.6. The summed E-state index contributed by atoms with van der Waals surface area (Å²) < 4.78 is 28.8. The summed E-state index contributed by atoms with van der Waals surface area (Å²) in [5, 5.41) is 3.03. The highest BCUT2D eigenvalue weighted by atomic mass is 32.2. The molecule has 1 aromatic heterocycles. The highest BCUT2D eigenvalue weighted by molar-refractivity contribution is 7.89. The van der Waals surface area contributed by atoms with E-state index in [-0.39, 0.29) is 38.3 Å². The minimum atomic E-state index is -4.05. The van der Waals surface area contributed by atoms with Crippen molar-refractivity contribution >= 4 is 16.1 Å². The first-order valence-electron chi connectivity index (χ1n) is 9.54. The molecule has 2 heterocycles. The van der Waals surface area contributed by atoms with E-state index in [2.05, 4.69) is 5.32 Å². The van der Waals surface area contributed by atoms with Crippen LogP contribution in [0.15, 0.2) is 20.7 Å². The summed E-state index contributed by atoms with van der Waals surface area (Å²) in [6, 6.07) is 0.0265. The van der Waals surface area contributed by atoms with Gasteiger partial charge in [0.15, 0.2) is 4.90 Å².